The quantitative estimate of drug-likeness (QED) is 0.737. The van der Waals surface area contributed by atoms with Gasteiger partial charge in [0.1, 0.15) is 6.33 Å². The van der Waals surface area contributed by atoms with Crippen LogP contribution in [-0.4, -0.2) is 47.8 Å². The van der Waals surface area contributed by atoms with Crippen molar-refractivity contribution in [2.45, 2.75) is 31.8 Å². The van der Waals surface area contributed by atoms with Crippen LogP contribution in [0.15, 0.2) is 43.1 Å². The fraction of sp³-hybridized carbons (Fsp3) is 0.375. The molecule has 0 bridgehead atoms. The second kappa shape index (κ2) is 5.83. The first-order valence-electron chi connectivity index (χ1n) is 7.89. The Balaban J connectivity index is 1.58. The average molecular weight is 310 g/mol. The third-order valence-electron chi connectivity index (χ3n) is 4.38. The molecule has 1 amide bonds. The number of aromatic nitrogens is 5. The molecule has 7 heteroatoms. The van der Waals surface area contributed by atoms with Crippen LogP contribution < -0.4 is 0 Å². The normalized spacial score (nSPS) is 18.4. The number of likely N-dealkylation sites (tertiary alicyclic amines) is 1. The molecule has 3 aromatic rings. The van der Waals surface area contributed by atoms with E-state index in [1.807, 2.05) is 34.0 Å². The molecule has 1 aliphatic heterocycles. The van der Waals surface area contributed by atoms with Gasteiger partial charge in [-0.3, -0.25) is 13.9 Å². The van der Waals surface area contributed by atoms with Gasteiger partial charge in [-0.1, -0.05) is 0 Å². The van der Waals surface area contributed by atoms with Gasteiger partial charge in [0.25, 0.3) is 5.91 Å². The summed E-state index contributed by atoms with van der Waals surface area (Å²) in [4.78, 5) is 14.9. The van der Waals surface area contributed by atoms with E-state index in [-0.39, 0.29) is 11.9 Å². The van der Waals surface area contributed by atoms with Crippen molar-refractivity contribution in [3.63, 3.8) is 0 Å². The Hall–Kier alpha value is -2.70. The van der Waals surface area contributed by atoms with E-state index >= 15 is 0 Å². The number of carbonyl (C=O) groups is 1. The molecule has 0 N–H and O–H groups in total. The maximum atomic E-state index is 12.9. The Labute approximate surface area is 133 Å². The second-order valence-electron chi connectivity index (χ2n) is 5.89. The highest BCUT2D eigenvalue weighted by atomic mass is 16.2. The lowest BCUT2D eigenvalue weighted by Crippen LogP contribution is -2.46. The summed E-state index contributed by atoms with van der Waals surface area (Å²) >= 11 is 0. The van der Waals surface area contributed by atoms with Crippen LogP contribution in [0.5, 0.6) is 0 Å². The van der Waals surface area contributed by atoms with Crippen LogP contribution in [0.1, 0.15) is 29.6 Å². The molecule has 1 aliphatic rings. The van der Waals surface area contributed by atoms with Crippen LogP contribution in [0, 0.1) is 0 Å². The minimum Gasteiger partial charge on any atom is -0.334 e. The van der Waals surface area contributed by atoms with Gasteiger partial charge in [0, 0.05) is 25.1 Å². The van der Waals surface area contributed by atoms with E-state index in [2.05, 4.69) is 15.3 Å². The van der Waals surface area contributed by atoms with Crippen LogP contribution in [0.4, 0.5) is 0 Å². The molecule has 4 heterocycles. The summed E-state index contributed by atoms with van der Waals surface area (Å²) in [6, 6.07) is 5.75. The van der Waals surface area contributed by atoms with E-state index in [0.29, 0.717) is 5.56 Å². The van der Waals surface area contributed by atoms with E-state index in [1.54, 1.807) is 23.1 Å². The molecule has 0 spiro atoms. The number of carbonyl (C=O) groups excluding carboxylic acids is 1. The van der Waals surface area contributed by atoms with Crippen molar-refractivity contribution >= 4 is 11.6 Å². The topological polar surface area (TPSA) is 68.3 Å². The molecule has 1 unspecified atom stereocenters. The molecule has 7 nitrogen and oxygen atoms in total. The zero-order valence-corrected chi connectivity index (χ0v) is 12.7. The molecule has 1 fully saturated rings. The number of nitrogens with zero attached hydrogens (tertiary/aromatic N) is 6. The third-order valence-corrected chi connectivity index (χ3v) is 4.38. The standard InChI is InChI=1S/C16H18N6O/c23-16(13-5-6-15-19-17-12-20(15)10-13)22-9-2-1-4-14(22)11-21-8-3-7-18-21/h3,5-8,10,12,14H,1-2,4,9,11H2. The number of fused-ring (bicyclic) bond motifs is 1. The Kier molecular flexibility index (Phi) is 3.53. The predicted molar refractivity (Wildman–Crippen MR) is 83.9 cm³/mol. The largest absolute Gasteiger partial charge is 0.334 e. The highest BCUT2D eigenvalue weighted by Crippen LogP contribution is 2.21. The van der Waals surface area contributed by atoms with Gasteiger partial charge in [-0.25, -0.2) is 0 Å². The van der Waals surface area contributed by atoms with Gasteiger partial charge in [0.15, 0.2) is 5.65 Å². The van der Waals surface area contributed by atoms with Gasteiger partial charge >= 0.3 is 0 Å². The summed E-state index contributed by atoms with van der Waals surface area (Å²) in [6.07, 6.45) is 10.4. The van der Waals surface area contributed by atoms with Crippen molar-refractivity contribution < 1.29 is 4.79 Å². The molecule has 23 heavy (non-hydrogen) atoms. The zero-order valence-electron chi connectivity index (χ0n) is 12.7. The summed E-state index contributed by atoms with van der Waals surface area (Å²) in [7, 11) is 0. The molecule has 0 aromatic carbocycles. The first kappa shape index (κ1) is 13.9. The maximum absolute atomic E-state index is 12.9. The Morgan fingerprint density at radius 2 is 2.26 bits per heavy atom. The number of amides is 1. The fourth-order valence-corrected chi connectivity index (χ4v) is 3.20. The second-order valence-corrected chi connectivity index (χ2v) is 5.89. The number of hydrogen-bond donors (Lipinski definition) is 0. The van der Waals surface area contributed by atoms with E-state index in [9.17, 15) is 4.79 Å². The summed E-state index contributed by atoms with van der Waals surface area (Å²) < 4.78 is 3.68. The number of pyridine rings is 1. The summed E-state index contributed by atoms with van der Waals surface area (Å²) in [5.74, 6) is 0.0671. The molecule has 1 saturated heterocycles. The number of hydrogen-bond acceptors (Lipinski definition) is 4. The molecule has 0 saturated carbocycles. The minimum atomic E-state index is 0.0671. The average Bonchev–Trinajstić information content (AvgIpc) is 3.25. The van der Waals surface area contributed by atoms with Crippen LogP contribution in [0.25, 0.3) is 5.65 Å². The summed E-state index contributed by atoms with van der Waals surface area (Å²) in [5.41, 5.74) is 1.41. The lowest BCUT2D eigenvalue weighted by Gasteiger charge is -2.35. The molecular weight excluding hydrogens is 292 g/mol. The first-order valence-corrected chi connectivity index (χ1v) is 7.89. The van der Waals surface area contributed by atoms with E-state index in [4.69, 9.17) is 0 Å². The van der Waals surface area contributed by atoms with Gasteiger partial charge in [-0.15, -0.1) is 10.2 Å². The highest BCUT2D eigenvalue weighted by Gasteiger charge is 2.28. The first-order chi connectivity index (χ1) is 11.3. The third kappa shape index (κ3) is 2.69. The van der Waals surface area contributed by atoms with Crippen molar-refractivity contribution in [1.82, 2.24) is 29.3 Å². The molecule has 4 rings (SSSR count). The van der Waals surface area contributed by atoms with Crippen LogP contribution in [0.2, 0.25) is 0 Å². The smallest absolute Gasteiger partial charge is 0.255 e. The summed E-state index contributed by atoms with van der Waals surface area (Å²) in [5, 5.41) is 12.1. The van der Waals surface area contributed by atoms with Gasteiger partial charge in [0.2, 0.25) is 0 Å². The van der Waals surface area contributed by atoms with Gasteiger partial charge in [-0.05, 0) is 37.5 Å². The van der Waals surface area contributed by atoms with Crippen molar-refractivity contribution in [2.24, 2.45) is 0 Å². The lowest BCUT2D eigenvalue weighted by atomic mass is 10.0. The monoisotopic (exact) mass is 310 g/mol. The Morgan fingerprint density at radius 3 is 3.13 bits per heavy atom. The fourth-order valence-electron chi connectivity index (χ4n) is 3.20. The molecule has 3 aromatic heterocycles. The van der Waals surface area contributed by atoms with E-state index < -0.39 is 0 Å². The number of piperidine rings is 1. The van der Waals surface area contributed by atoms with Gasteiger partial charge < -0.3 is 4.90 Å². The van der Waals surface area contributed by atoms with E-state index in [0.717, 1.165) is 38.0 Å². The number of rotatable bonds is 3. The van der Waals surface area contributed by atoms with E-state index in [1.165, 1.54) is 0 Å². The van der Waals surface area contributed by atoms with Crippen LogP contribution >= 0.6 is 0 Å². The minimum absolute atomic E-state index is 0.0671. The van der Waals surface area contributed by atoms with Crippen molar-refractivity contribution in [3.8, 4) is 0 Å². The predicted octanol–water partition coefficient (Wildman–Crippen LogP) is 1.62. The van der Waals surface area contributed by atoms with Gasteiger partial charge in [-0.2, -0.15) is 5.10 Å². The van der Waals surface area contributed by atoms with Gasteiger partial charge in [0.05, 0.1) is 18.2 Å². The molecule has 118 valence electrons. The van der Waals surface area contributed by atoms with Crippen molar-refractivity contribution in [2.75, 3.05) is 6.54 Å². The lowest BCUT2D eigenvalue weighted by molar-refractivity contribution is 0.0583. The molecular formula is C16H18N6O. The SMILES string of the molecule is O=C(c1ccc2nncn2c1)N1CCCCC1Cn1cccn1. The molecule has 0 aliphatic carbocycles. The maximum Gasteiger partial charge on any atom is 0.255 e. The summed E-state index contributed by atoms with van der Waals surface area (Å²) in [6.45, 7) is 1.54. The van der Waals surface area contributed by atoms with Crippen molar-refractivity contribution in [1.29, 1.82) is 0 Å². The van der Waals surface area contributed by atoms with Crippen LogP contribution in [0.3, 0.4) is 0 Å². The Morgan fingerprint density at radius 1 is 1.30 bits per heavy atom. The molecule has 1 atom stereocenters. The molecule has 0 radical (unpaired) electrons. The van der Waals surface area contributed by atoms with Crippen molar-refractivity contribution in [3.05, 3.63) is 48.7 Å². The highest BCUT2D eigenvalue weighted by molar-refractivity contribution is 5.94. The Bertz CT molecular complexity index is 809. The zero-order chi connectivity index (χ0) is 15.6. The van der Waals surface area contributed by atoms with Crippen LogP contribution in [-0.2, 0) is 6.54 Å².